The molecule has 0 spiro atoms. The van der Waals surface area contributed by atoms with Crippen molar-refractivity contribution in [2.45, 2.75) is 194 Å². The zero-order valence-corrected chi connectivity index (χ0v) is 82.8. The van der Waals surface area contributed by atoms with E-state index in [1.54, 1.807) is 85.0 Å². The van der Waals surface area contributed by atoms with E-state index in [2.05, 4.69) is 47.5 Å². The van der Waals surface area contributed by atoms with Crippen molar-refractivity contribution in [1.29, 1.82) is 0 Å². The SMILES string of the molecule is CN[C@H](C(=O)N[C@H](C(=O)N(C)[C@H](/C=C(\C)C(=O)O)C(C)C)C(C)(C)C)C(C)(C)c1cccc(NC(=O)OCc2ccc(O[C@@H]3O[C@H](C(=O)O)[C@@H](O)[C@H](O)[C@H]3O)c(CNC(=O)CCNC(=O)[C@H](CNC(=O)CCOCCOCCOCCOCCOCCOCCOCCOCCOCCOCCOCCOC)NC(=O)CCCCC(=O)N3Cc4ccccc4-c4c(nnn4C(C)C)-c4ccccc43)c2)c1. The number of methoxy groups -OCH3 is 1. The molecule has 0 bridgehead atoms. The third-order valence-corrected chi connectivity index (χ3v) is 22.8. The minimum atomic E-state index is -2.06. The first-order valence-corrected chi connectivity index (χ1v) is 47.4. The molecule has 3 heterocycles. The number of hydrogen-bond acceptors (Lipinski definition) is 31. The Balaban J connectivity index is 0.894. The maximum Gasteiger partial charge on any atom is 0.411 e. The standard InChI is InChI=1S/C98H146N12O30/c1-64(2)76(57-66(5)93(121)122)108(12)92(120)89(97(6,7)8)105-91(119)88(99-11)98(9,10)70-22-20-23-71(59-70)103-96(125)138-63-67-29-30-77(139-95-86(117)84(115)85(116)87(140-95)94(123)124)69(58-67)60-101-78(111)31-33-100-90(118)74(104-80(113)27-18-19-28-81(114)109-62-68-21-14-15-24-72(68)83-82(106-107-110(83)65(3)4)73-25-16-17-26-75(73)109)61-102-79(112)32-34-127-37-38-129-41-42-131-45-46-133-49-50-135-53-54-137-56-55-136-52-51-134-48-47-132-44-43-130-40-39-128-36-35-126-13/h14-17,20-26,29-30,57-59,64-65,74,76,84-89,95,99,115-117H,18-19,27-28,31-56,60-63H2,1-13H3,(H,100,118)(H,101,111)(H,102,112)(H,103,125)(H,104,113)(H,105,119)(H,121,122)(H,123,124)/b66-57+/t74-,76+,84-,85-,86+,87-,88+,89+,95+/m0/s1. The Morgan fingerprint density at radius 1 is 0.579 bits per heavy atom. The molecule has 1 saturated heterocycles. The smallest absolute Gasteiger partial charge is 0.411 e. The Kier molecular flexibility index (Phi) is 51.5. The number of carboxylic acid groups (broad SMARTS) is 2. The van der Waals surface area contributed by atoms with Crippen LogP contribution in [-0.2, 0) is 135 Å². The van der Waals surface area contributed by atoms with Gasteiger partial charge in [-0.2, -0.15) is 0 Å². The van der Waals surface area contributed by atoms with Crippen molar-refractivity contribution in [3.05, 3.63) is 125 Å². The summed E-state index contributed by atoms with van der Waals surface area (Å²) in [6.07, 6.45) is -9.52. The molecule has 1 fully saturated rings. The van der Waals surface area contributed by atoms with Crippen LogP contribution in [0.4, 0.5) is 16.2 Å². The highest BCUT2D eigenvalue weighted by Gasteiger charge is 2.49. The van der Waals surface area contributed by atoms with E-state index >= 15 is 0 Å². The van der Waals surface area contributed by atoms with Crippen molar-refractivity contribution >= 4 is 70.8 Å². The lowest BCUT2D eigenvalue weighted by Gasteiger charge is -2.40. The van der Waals surface area contributed by atoms with Gasteiger partial charge in [-0.1, -0.05) is 120 Å². The molecule has 0 radical (unpaired) electrons. The number of amides is 8. The number of ether oxygens (including phenoxy) is 15. The zero-order valence-electron chi connectivity index (χ0n) is 82.8. The molecule has 42 nitrogen and oxygen atoms in total. The van der Waals surface area contributed by atoms with E-state index in [0.29, 0.717) is 148 Å². The topological polar surface area (TPSA) is 532 Å². The van der Waals surface area contributed by atoms with Crippen molar-refractivity contribution in [3.8, 4) is 28.3 Å². The highest BCUT2D eigenvalue weighted by molar-refractivity contribution is 6.00. The Bertz CT molecular complexity index is 4700. The number of aliphatic carboxylic acids is 2. The number of rotatable bonds is 67. The second-order valence-electron chi connectivity index (χ2n) is 35.6. The average molecular weight is 1970 g/mol. The Hall–Kier alpha value is -10.6. The van der Waals surface area contributed by atoms with Gasteiger partial charge in [0.1, 0.15) is 48.4 Å². The van der Waals surface area contributed by atoms with Gasteiger partial charge in [-0.05, 0) is 99.0 Å². The lowest BCUT2D eigenvalue weighted by molar-refractivity contribution is -0.271. The summed E-state index contributed by atoms with van der Waals surface area (Å²) in [6.45, 7) is 25.9. The van der Waals surface area contributed by atoms with Gasteiger partial charge in [0.2, 0.25) is 47.6 Å². The maximum atomic E-state index is 14.5. The lowest BCUT2D eigenvalue weighted by atomic mass is 9.76. The van der Waals surface area contributed by atoms with Crippen molar-refractivity contribution in [1.82, 2.24) is 51.8 Å². The van der Waals surface area contributed by atoms with Gasteiger partial charge in [0.15, 0.2) is 6.10 Å². The van der Waals surface area contributed by atoms with Crippen LogP contribution in [0.25, 0.3) is 22.5 Å². The van der Waals surface area contributed by atoms with E-state index in [1.807, 2.05) is 80.9 Å². The highest BCUT2D eigenvalue weighted by Crippen LogP contribution is 2.43. The number of carboxylic acids is 2. The number of aromatic nitrogens is 3. The maximum absolute atomic E-state index is 14.5. The molecule has 0 aliphatic carbocycles. The van der Waals surface area contributed by atoms with Gasteiger partial charge in [-0.25, -0.2) is 19.1 Å². The number of hydrogen-bond donors (Lipinski definition) is 12. The summed E-state index contributed by atoms with van der Waals surface area (Å²) in [4.78, 5) is 139. The van der Waals surface area contributed by atoms with E-state index in [4.69, 9.17) is 71.1 Å². The van der Waals surface area contributed by atoms with E-state index in [1.165, 1.54) is 36.1 Å². The predicted molar refractivity (Wildman–Crippen MR) is 513 cm³/mol. The van der Waals surface area contributed by atoms with Crippen LogP contribution in [-0.4, -0.2) is 346 Å². The molecule has 9 atom stereocenters. The van der Waals surface area contributed by atoms with E-state index in [-0.39, 0.29) is 132 Å². The molecule has 0 unspecified atom stereocenters. The molecule has 778 valence electrons. The van der Waals surface area contributed by atoms with Gasteiger partial charge in [0.25, 0.3) is 0 Å². The summed E-state index contributed by atoms with van der Waals surface area (Å²) in [6, 6.07) is 22.2. The van der Waals surface area contributed by atoms with Gasteiger partial charge < -0.3 is 138 Å². The van der Waals surface area contributed by atoms with Gasteiger partial charge in [-0.15, -0.1) is 5.10 Å². The van der Waals surface area contributed by atoms with Crippen LogP contribution in [0.5, 0.6) is 5.75 Å². The molecule has 1 aromatic heterocycles. The largest absolute Gasteiger partial charge is 0.479 e. The first-order valence-electron chi connectivity index (χ1n) is 47.4. The van der Waals surface area contributed by atoms with Crippen LogP contribution >= 0.6 is 0 Å². The Labute approximate surface area is 818 Å². The third-order valence-electron chi connectivity index (χ3n) is 22.8. The number of aliphatic hydroxyl groups is 3. The molecule has 0 saturated carbocycles. The number of unbranched alkanes of at least 4 members (excludes halogenated alkanes) is 1. The predicted octanol–water partition coefficient (Wildman–Crippen LogP) is 5.17. The highest BCUT2D eigenvalue weighted by atomic mass is 16.7. The molecule has 2 aliphatic heterocycles. The summed E-state index contributed by atoms with van der Waals surface area (Å²) in [5.74, 6) is -6.79. The summed E-state index contributed by atoms with van der Waals surface area (Å²) in [7, 11) is 4.79. The van der Waals surface area contributed by atoms with Gasteiger partial charge >= 0.3 is 18.0 Å². The molecule has 7 rings (SSSR count). The molecule has 4 aromatic carbocycles. The van der Waals surface area contributed by atoms with Crippen LogP contribution in [0.2, 0.25) is 0 Å². The molecule has 5 aromatic rings. The van der Waals surface area contributed by atoms with Crippen LogP contribution in [0, 0.1) is 11.3 Å². The van der Waals surface area contributed by atoms with Crippen molar-refractivity contribution in [2.24, 2.45) is 11.3 Å². The number of carbonyl (C=O) groups excluding carboxylic acids is 8. The number of fused-ring (bicyclic) bond motifs is 5. The zero-order chi connectivity index (χ0) is 102. The monoisotopic (exact) mass is 1970 g/mol. The second-order valence-corrected chi connectivity index (χ2v) is 35.6. The van der Waals surface area contributed by atoms with Crippen molar-refractivity contribution in [3.63, 3.8) is 0 Å². The summed E-state index contributed by atoms with van der Waals surface area (Å²) in [5, 5.41) is 80.3. The minimum absolute atomic E-state index is 0.00934. The summed E-state index contributed by atoms with van der Waals surface area (Å²) >= 11 is 0. The fourth-order valence-corrected chi connectivity index (χ4v) is 15.0. The number of anilines is 2. The minimum Gasteiger partial charge on any atom is -0.479 e. The quantitative estimate of drug-likeness (QED) is 0.0176. The third kappa shape index (κ3) is 39.0. The molecule has 12 N–H and O–H groups in total. The molecule has 42 heteroatoms. The molecular formula is C98H146N12O30. The average Bonchev–Trinajstić information content (AvgIpc) is 1.57. The van der Waals surface area contributed by atoms with Gasteiger partial charge in [0.05, 0.1) is 182 Å². The fourth-order valence-electron chi connectivity index (χ4n) is 15.0. The van der Waals surface area contributed by atoms with E-state index in [0.717, 1.165) is 22.4 Å². The normalized spacial score (nSPS) is 16.3. The summed E-state index contributed by atoms with van der Waals surface area (Å²) < 4.78 is 84.6. The Morgan fingerprint density at radius 3 is 1.66 bits per heavy atom. The van der Waals surface area contributed by atoms with Crippen LogP contribution < -0.4 is 46.9 Å². The van der Waals surface area contributed by atoms with Crippen molar-refractivity contribution < 1.29 is 145 Å². The van der Waals surface area contributed by atoms with Gasteiger partial charge in [0, 0.05) is 98.9 Å². The second kappa shape index (κ2) is 61.9. The van der Waals surface area contributed by atoms with E-state index in [9.17, 15) is 73.5 Å². The first kappa shape index (κ1) is 116. The number of nitrogens with one attached hydrogen (secondary N) is 7. The van der Waals surface area contributed by atoms with E-state index < -0.39 is 126 Å². The molecular weight excluding hydrogens is 1830 g/mol. The fraction of sp³-hybridized carbons (Fsp3) is 0.612. The van der Waals surface area contributed by atoms with Crippen molar-refractivity contribution in [2.75, 3.05) is 196 Å². The number of benzene rings is 4. The number of aliphatic hydroxyl groups excluding tert-OH is 3. The summed E-state index contributed by atoms with van der Waals surface area (Å²) in [5.41, 5.74) is 4.15. The molecule has 8 amide bonds. The van der Waals surface area contributed by atoms with Crippen LogP contribution in [0.3, 0.4) is 0 Å². The lowest BCUT2D eigenvalue weighted by Crippen LogP contribution is -2.61. The van der Waals surface area contributed by atoms with Crippen LogP contribution in [0.15, 0.2) is 103 Å². The first-order chi connectivity index (χ1) is 67.1. The molecule has 140 heavy (non-hydrogen) atoms. The van der Waals surface area contributed by atoms with Gasteiger partial charge in [-0.3, -0.25) is 38.9 Å². The Morgan fingerprint density at radius 2 is 1.12 bits per heavy atom. The number of para-hydroxylation sites is 1. The number of carbonyl (C=O) groups is 10. The molecule has 2 aliphatic rings. The number of likely N-dealkylation sites (N-methyl/N-ethyl adjacent to an activating group) is 2. The van der Waals surface area contributed by atoms with Crippen LogP contribution in [0.1, 0.15) is 136 Å². The number of nitrogens with zero attached hydrogens (tertiary/aromatic N) is 5.